The van der Waals surface area contributed by atoms with Gasteiger partial charge in [0.2, 0.25) is 0 Å². The Morgan fingerprint density at radius 3 is 2.43 bits per heavy atom. The fraction of sp³-hybridized carbons (Fsp3) is 0.167. The Balaban J connectivity index is 1.69. The first kappa shape index (κ1) is 20.5. The highest BCUT2D eigenvalue weighted by atomic mass is 35.5. The molecule has 0 spiro atoms. The Morgan fingerprint density at radius 2 is 1.77 bits per heavy atom. The first-order valence-electron chi connectivity index (χ1n) is 9.58. The third kappa shape index (κ3) is 4.53. The van der Waals surface area contributed by atoms with Gasteiger partial charge in [0, 0.05) is 34.4 Å². The van der Waals surface area contributed by atoms with Crippen LogP contribution in [0.5, 0.6) is 5.75 Å². The van der Waals surface area contributed by atoms with Crippen LogP contribution >= 0.6 is 23.4 Å². The van der Waals surface area contributed by atoms with E-state index >= 15 is 0 Å². The van der Waals surface area contributed by atoms with Gasteiger partial charge in [0.05, 0.1) is 18.5 Å². The van der Waals surface area contributed by atoms with Gasteiger partial charge in [-0.25, -0.2) is 4.98 Å². The van der Waals surface area contributed by atoms with Gasteiger partial charge in [-0.1, -0.05) is 29.4 Å². The second kappa shape index (κ2) is 8.94. The van der Waals surface area contributed by atoms with Gasteiger partial charge >= 0.3 is 0 Å². The van der Waals surface area contributed by atoms with Crippen molar-refractivity contribution < 1.29 is 4.74 Å². The number of hydrogen-bond acceptors (Lipinski definition) is 4. The highest BCUT2D eigenvalue weighted by molar-refractivity contribution is 7.98. The van der Waals surface area contributed by atoms with E-state index in [2.05, 4.69) is 35.7 Å². The maximum Gasteiger partial charge on any atom is 0.173 e. The summed E-state index contributed by atoms with van der Waals surface area (Å²) < 4.78 is 7.37. The molecule has 0 aliphatic carbocycles. The zero-order valence-corrected chi connectivity index (χ0v) is 18.7. The number of thioether (sulfide) groups is 1. The summed E-state index contributed by atoms with van der Waals surface area (Å²) in [6.45, 7) is 4.16. The first-order valence-corrected chi connectivity index (χ1v) is 10.9. The van der Waals surface area contributed by atoms with E-state index < -0.39 is 0 Å². The van der Waals surface area contributed by atoms with E-state index in [1.54, 1.807) is 18.9 Å². The molecular formula is C24H22ClN3OS. The number of benzene rings is 2. The molecule has 2 aromatic carbocycles. The van der Waals surface area contributed by atoms with Gasteiger partial charge in [-0.15, -0.1) is 0 Å². The second-order valence-corrected chi connectivity index (χ2v) is 8.43. The monoisotopic (exact) mass is 435 g/mol. The minimum Gasteiger partial charge on any atom is -0.497 e. The molecule has 4 rings (SSSR count). The summed E-state index contributed by atoms with van der Waals surface area (Å²) in [6, 6.07) is 17.9. The number of imidazole rings is 1. The molecule has 0 aliphatic heterocycles. The number of pyridine rings is 1. The van der Waals surface area contributed by atoms with E-state index in [1.807, 2.05) is 54.7 Å². The van der Waals surface area contributed by atoms with Crippen LogP contribution in [0.15, 0.2) is 72.1 Å². The van der Waals surface area contributed by atoms with Gasteiger partial charge in [-0.3, -0.25) is 9.55 Å². The van der Waals surface area contributed by atoms with E-state index in [-0.39, 0.29) is 0 Å². The molecule has 2 aromatic heterocycles. The predicted octanol–water partition coefficient (Wildman–Crippen LogP) is 6.51. The van der Waals surface area contributed by atoms with E-state index in [1.165, 1.54) is 11.1 Å². The molecule has 0 unspecified atom stereocenters. The van der Waals surface area contributed by atoms with Gasteiger partial charge in [-0.05, 0) is 73.5 Å². The van der Waals surface area contributed by atoms with Crippen molar-refractivity contribution in [2.24, 2.45) is 0 Å². The number of hydrogen-bond donors (Lipinski definition) is 0. The molecule has 0 N–H and O–H groups in total. The Hall–Kier alpha value is -2.76. The predicted molar refractivity (Wildman–Crippen MR) is 124 cm³/mol. The highest BCUT2D eigenvalue weighted by Gasteiger charge is 2.13. The zero-order chi connectivity index (χ0) is 21.1. The third-order valence-electron chi connectivity index (χ3n) is 4.83. The topological polar surface area (TPSA) is 39.9 Å². The average Bonchev–Trinajstić information content (AvgIpc) is 3.18. The van der Waals surface area contributed by atoms with Crippen LogP contribution in [0.25, 0.3) is 16.9 Å². The summed E-state index contributed by atoms with van der Waals surface area (Å²) in [5.41, 5.74) is 6.40. The lowest BCUT2D eigenvalue weighted by molar-refractivity contribution is 0.415. The van der Waals surface area contributed by atoms with Gasteiger partial charge in [-0.2, -0.15) is 0 Å². The summed E-state index contributed by atoms with van der Waals surface area (Å²) >= 11 is 7.76. The molecule has 0 saturated heterocycles. The van der Waals surface area contributed by atoms with E-state index in [0.29, 0.717) is 5.02 Å². The number of rotatable bonds is 6. The fourth-order valence-electron chi connectivity index (χ4n) is 3.18. The average molecular weight is 436 g/mol. The lowest BCUT2D eigenvalue weighted by Gasteiger charge is -2.08. The normalized spacial score (nSPS) is 10.9. The van der Waals surface area contributed by atoms with E-state index in [0.717, 1.165) is 39.3 Å². The van der Waals surface area contributed by atoms with Gasteiger partial charge in [0.1, 0.15) is 5.75 Å². The van der Waals surface area contributed by atoms with Gasteiger partial charge in [0.25, 0.3) is 0 Å². The van der Waals surface area contributed by atoms with Crippen LogP contribution in [0.4, 0.5) is 0 Å². The van der Waals surface area contributed by atoms with Crippen molar-refractivity contribution >= 4 is 23.4 Å². The molecule has 0 amide bonds. The number of nitrogens with zero attached hydrogens (tertiary/aromatic N) is 3. The van der Waals surface area contributed by atoms with Crippen LogP contribution in [0.3, 0.4) is 0 Å². The summed E-state index contributed by atoms with van der Waals surface area (Å²) in [7, 11) is 1.67. The van der Waals surface area contributed by atoms with Crippen molar-refractivity contribution in [3.63, 3.8) is 0 Å². The Kier molecular flexibility index (Phi) is 6.11. The Morgan fingerprint density at radius 1 is 1.03 bits per heavy atom. The number of halogens is 1. The number of methoxy groups -OCH3 is 1. The quantitative estimate of drug-likeness (QED) is 0.324. The van der Waals surface area contributed by atoms with Crippen molar-refractivity contribution in [1.29, 1.82) is 0 Å². The van der Waals surface area contributed by atoms with E-state index in [4.69, 9.17) is 21.3 Å². The molecule has 6 heteroatoms. The molecule has 4 aromatic rings. The molecule has 4 nitrogen and oxygen atoms in total. The van der Waals surface area contributed by atoms with Crippen LogP contribution in [0.2, 0.25) is 5.02 Å². The number of aryl methyl sites for hydroxylation is 2. The third-order valence-corrected chi connectivity index (χ3v) is 6.04. The van der Waals surface area contributed by atoms with Crippen molar-refractivity contribution in [2.45, 2.75) is 24.8 Å². The van der Waals surface area contributed by atoms with Gasteiger partial charge < -0.3 is 4.74 Å². The molecule has 0 aliphatic rings. The standard InChI is InChI=1S/C24H22ClN3OS/c1-16-12-17(2)23(26-13-16)15-30-24-27-22(18-4-10-21(29-3)11-5-18)14-28(24)20-8-6-19(25)7-9-20/h4-14H,15H2,1-3H3. The smallest absolute Gasteiger partial charge is 0.173 e. The summed E-state index contributed by atoms with van der Waals surface area (Å²) in [5, 5.41) is 1.62. The summed E-state index contributed by atoms with van der Waals surface area (Å²) in [4.78, 5) is 9.52. The van der Waals surface area contributed by atoms with Crippen LogP contribution < -0.4 is 4.74 Å². The van der Waals surface area contributed by atoms with Crippen molar-refractivity contribution in [3.8, 4) is 22.7 Å². The Bertz CT molecular complexity index is 1150. The first-order chi connectivity index (χ1) is 14.5. The van der Waals surface area contributed by atoms with Gasteiger partial charge in [0.15, 0.2) is 5.16 Å². The largest absolute Gasteiger partial charge is 0.497 e. The minimum absolute atomic E-state index is 0.711. The van der Waals surface area contributed by atoms with Crippen LogP contribution in [-0.2, 0) is 5.75 Å². The van der Waals surface area contributed by atoms with Crippen LogP contribution in [0.1, 0.15) is 16.8 Å². The molecule has 0 radical (unpaired) electrons. The molecule has 30 heavy (non-hydrogen) atoms. The SMILES string of the molecule is COc1ccc(-c2cn(-c3ccc(Cl)cc3)c(SCc3ncc(C)cc3C)n2)cc1. The maximum atomic E-state index is 6.09. The molecule has 0 fully saturated rings. The lowest BCUT2D eigenvalue weighted by atomic mass is 10.1. The van der Waals surface area contributed by atoms with Crippen molar-refractivity contribution in [2.75, 3.05) is 7.11 Å². The van der Waals surface area contributed by atoms with Crippen molar-refractivity contribution in [3.05, 3.63) is 88.8 Å². The van der Waals surface area contributed by atoms with Crippen LogP contribution in [0, 0.1) is 13.8 Å². The van der Waals surface area contributed by atoms with Crippen LogP contribution in [-0.4, -0.2) is 21.6 Å². The number of aromatic nitrogens is 3. The maximum absolute atomic E-state index is 6.09. The molecule has 152 valence electrons. The minimum atomic E-state index is 0.711. The summed E-state index contributed by atoms with van der Waals surface area (Å²) in [5.74, 6) is 1.57. The second-order valence-electron chi connectivity index (χ2n) is 7.05. The molecule has 0 atom stereocenters. The molecular weight excluding hydrogens is 414 g/mol. The lowest BCUT2D eigenvalue weighted by Crippen LogP contribution is -1.97. The Labute approximate surface area is 185 Å². The van der Waals surface area contributed by atoms with Crippen molar-refractivity contribution in [1.82, 2.24) is 14.5 Å². The summed E-state index contributed by atoms with van der Waals surface area (Å²) in [6.07, 6.45) is 3.97. The van der Waals surface area contributed by atoms with E-state index in [9.17, 15) is 0 Å². The highest BCUT2D eigenvalue weighted by Crippen LogP contribution is 2.30. The number of ether oxygens (including phenoxy) is 1. The fourth-order valence-corrected chi connectivity index (χ4v) is 4.33. The molecule has 0 bridgehead atoms. The molecule has 2 heterocycles. The molecule has 0 saturated carbocycles. The zero-order valence-electron chi connectivity index (χ0n) is 17.1.